The summed E-state index contributed by atoms with van der Waals surface area (Å²) in [6.07, 6.45) is 1.87. The highest BCUT2D eigenvalue weighted by atomic mass is 35.5. The molecule has 1 heterocycles. The van der Waals surface area contributed by atoms with Gasteiger partial charge in [-0.3, -0.25) is 0 Å². The summed E-state index contributed by atoms with van der Waals surface area (Å²) >= 11 is 0. The summed E-state index contributed by atoms with van der Waals surface area (Å²) in [6.45, 7) is 3.95. The molecule has 5 nitrogen and oxygen atoms in total. The van der Waals surface area contributed by atoms with E-state index in [-0.39, 0.29) is 24.0 Å². The number of rotatable bonds is 3. The van der Waals surface area contributed by atoms with Crippen LogP contribution in [0.15, 0.2) is 24.3 Å². The van der Waals surface area contributed by atoms with Crippen LogP contribution in [0.2, 0.25) is 0 Å². The molecule has 0 radical (unpaired) electrons. The van der Waals surface area contributed by atoms with Crippen molar-refractivity contribution in [2.75, 3.05) is 25.5 Å². The third-order valence-electron chi connectivity index (χ3n) is 3.48. The SMILES string of the molecule is COc1ccccc1NC(=O)NC1(C)CCNCC1.Cl. The highest BCUT2D eigenvalue weighted by molar-refractivity contribution is 5.91. The molecule has 2 rings (SSSR count). The number of piperidine rings is 1. The van der Waals surface area contributed by atoms with Gasteiger partial charge in [0.2, 0.25) is 0 Å². The fraction of sp³-hybridized carbons (Fsp3) is 0.500. The molecule has 1 aliphatic rings. The Balaban J connectivity index is 0.00000200. The van der Waals surface area contributed by atoms with E-state index < -0.39 is 0 Å². The van der Waals surface area contributed by atoms with Gasteiger partial charge in [-0.1, -0.05) is 12.1 Å². The lowest BCUT2D eigenvalue weighted by atomic mass is 9.91. The molecule has 0 saturated carbocycles. The van der Waals surface area contributed by atoms with Gasteiger partial charge in [-0.05, 0) is 45.0 Å². The molecule has 1 saturated heterocycles. The Morgan fingerprint density at radius 1 is 1.30 bits per heavy atom. The van der Waals surface area contributed by atoms with Gasteiger partial charge in [0.05, 0.1) is 12.8 Å². The van der Waals surface area contributed by atoms with Crippen molar-refractivity contribution < 1.29 is 9.53 Å². The van der Waals surface area contributed by atoms with E-state index in [0.29, 0.717) is 11.4 Å². The van der Waals surface area contributed by atoms with Gasteiger partial charge in [-0.2, -0.15) is 0 Å². The first-order chi connectivity index (χ1) is 9.13. The van der Waals surface area contributed by atoms with Crippen molar-refractivity contribution in [3.8, 4) is 5.75 Å². The predicted molar refractivity (Wildman–Crippen MR) is 82.9 cm³/mol. The minimum absolute atomic E-state index is 0. The summed E-state index contributed by atoms with van der Waals surface area (Å²) in [5, 5.41) is 9.18. The van der Waals surface area contributed by atoms with Gasteiger partial charge in [0, 0.05) is 5.54 Å². The zero-order chi connectivity index (χ0) is 13.7. The quantitative estimate of drug-likeness (QED) is 0.803. The highest BCUT2D eigenvalue weighted by Gasteiger charge is 2.28. The van der Waals surface area contributed by atoms with Crippen LogP contribution in [-0.2, 0) is 0 Å². The van der Waals surface area contributed by atoms with Crippen LogP contribution in [-0.4, -0.2) is 31.8 Å². The van der Waals surface area contributed by atoms with E-state index in [1.54, 1.807) is 7.11 Å². The molecular weight excluding hydrogens is 278 g/mol. The van der Waals surface area contributed by atoms with E-state index in [4.69, 9.17) is 4.74 Å². The summed E-state index contributed by atoms with van der Waals surface area (Å²) < 4.78 is 5.21. The molecule has 0 bridgehead atoms. The summed E-state index contributed by atoms with van der Waals surface area (Å²) in [4.78, 5) is 12.1. The van der Waals surface area contributed by atoms with Crippen molar-refractivity contribution in [2.24, 2.45) is 0 Å². The molecule has 6 heteroatoms. The molecule has 112 valence electrons. The van der Waals surface area contributed by atoms with Crippen molar-refractivity contribution in [1.82, 2.24) is 10.6 Å². The van der Waals surface area contributed by atoms with Crippen LogP contribution < -0.4 is 20.7 Å². The van der Waals surface area contributed by atoms with Crippen LogP contribution in [0.5, 0.6) is 5.75 Å². The van der Waals surface area contributed by atoms with Gasteiger partial charge in [-0.15, -0.1) is 12.4 Å². The normalized spacial score (nSPS) is 16.7. The number of carbonyl (C=O) groups is 1. The van der Waals surface area contributed by atoms with E-state index >= 15 is 0 Å². The molecule has 0 spiro atoms. The molecule has 1 aromatic rings. The lowest BCUT2D eigenvalue weighted by Crippen LogP contribution is -2.53. The highest BCUT2D eigenvalue weighted by Crippen LogP contribution is 2.23. The third-order valence-corrected chi connectivity index (χ3v) is 3.48. The van der Waals surface area contributed by atoms with Crippen molar-refractivity contribution in [3.63, 3.8) is 0 Å². The number of halogens is 1. The molecule has 0 aromatic heterocycles. The van der Waals surface area contributed by atoms with Crippen molar-refractivity contribution in [3.05, 3.63) is 24.3 Å². The minimum Gasteiger partial charge on any atom is -0.495 e. The van der Waals surface area contributed by atoms with E-state index in [1.807, 2.05) is 24.3 Å². The maximum absolute atomic E-state index is 12.1. The summed E-state index contributed by atoms with van der Waals surface area (Å²) in [7, 11) is 1.59. The first kappa shape index (κ1) is 16.6. The smallest absolute Gasteiger partial charge is 0.319 e. The van der Waals surface area contributed by atoms with E-state index in [2.05, 4.69) is 22.9 Å². The Bertz CT molecular complexity index is 448. The molecule has 3 N–H and O–H groups in total. The Morgan fingerprint density at radius 3 is 2.60 bits per heavy atom. The van der Waals surface area contributed by atoms with Gasteiger partial charge in [0.1, 0.15) is 5.75 Å². The Hall–Kier alpha value is -1.46. The van der Waals surface area contributed by atoms with Crippen molar-refractivity contribution >= 4 is 24.1 Å². The molecular formula is C14H22ClN3O2. The lowest BCUT2D eigenvalue weighted by Gasteiger charge is -2.34. The molecule has 1 aromatic carbocycles. The number of hydrogen-bond acceptors (Lipinski definition) is 3. The second kappa shape index (κ2) is 7.36. The van der Waals surface area contributed by atoms with Gasteiger partial charge in [0.15, 0.2) is 0 Å². The fourth-order valence-electron chi connectivity index (χ4n) is 2.28. The van der Waals surface area contributed by atoms with Crippen molar-refractivity contribution in [2.45, 2.75) is 25.3 Å². The number of ether oxygens (including phenoxy) is 1. The topological polar surface area (TPSA) is 62.4 Å². The average Bonchev–Trinajstić information content (AvgIpc) is 2.39. The Kier molecular flexibility index (Phi) is 6.10. The number of carbonyl (C=O) groups excluding carboxylic acids is 1. The van der Waals surface area contributed by atoms with Crippen LogP contribution in [0.4, 0.5) is 10.5 Å². The number of methoxy groups -OCH3 is 1. The summed E-state index contributed by atoms with van der Waals surface area (Å²) in [5.41, 5.74) is 0.539. The predicted octanol–water partition coefficient (Wildman–Crippen LogP) is 2.38. The number of urea groups is 1. The lowest BCUT2D eigenvalue weighted by molar-refractivity contribution is 0.225. The number of para-hydroxylation sites is 2. The average molecular weight is 300 g/mol. The Labute approximate surface area is 125 Å². The zero-order valence-corrected chi connectivity index (χ0v) is 12.7. The molecule has 20 heavy (non-hydrogen) atoms. The van der Waals surface area contributed by atoms with Gasteiger partial charge in [-0.25, -0.2) is 4.79 Å². The first-order valence-corrected chi connectivity index (χ1v) is 6.56. The molecule has 1 aliphatic heterocycles. The number of amides is 2. The second-order valence-corrected chi connectivity index (χ2v) is 5.09. The first-order valence-electron chi connectivity index (χ1n) is 6.56. The fourth-order valence-corrected chi connectivity index (χ4v) is 2.28. The Morgan fingerprint density at radius 2 is 1.95 bits per heavy atom. The van der Waals surface area contributed by atoms with Crippen LogP contribution in [0.25, 0.3) is 0 Å². The van der Waals surface area contributed by atoms with Crippen LogP contribution in [0.3, 0.4) is 0 Å². The van der Waals surface area contributed by atoms with E-state index in [0.717, 1.165) is 25.9 Å². The third kappa shape index (κ3) is 4.28. The zero-order valence-electron chi connectivity index (χ0n) is 11.9. The molecule has 0 aliphatic carbocycles. The molecule has 0 atom stereocenters. The van der Waals surface area contributed by atoms with Crippen LogP contribution >= 0.6 is 12.4 Å². The maximum Gasteiger partial charge on any atom is 0.319 e. The molecule has 2 amide bonds. The van der Waals surface area contributed by atoms with E-state index in [1.165, 1.54) is 0 Å². The van der Waals surface area contributed by atoms with Gasteiger partial charge < -0.3 is 20.7 Å². The van der Waals surface area contributed by atoms with E-state index in [9.17, 15) is 4.79 Å². The molecule has 1 fully saturated rings. The minimum atomic E-state index is -0.186. The maximum atomic E-state index is 12.1. The number of benzene rings is 1. The van der Waals surface area contributed by atoms with Gasteiger partial charge >= 0.3 is 6.03 Å². The van der Waals surface area contributed by atoms with Crippen LogP contribution in [0, 0.1) is 0 Å². The van der Waals surface area contributed by atoms with Crippen molar-refractivity contribution in [1.29, 1.82) is 0 Å². The number of hydrogen-bond donors (Lipinski definition) is 3. The monoisotopic (exact) mass is 299 g/mol. The summed E-state index contributed by atoms with van der Waals surface area (Å²) in [5.74, 6) is 0.660. The number of nitrogens with one attached hydrogen (secondary N) is 3. The molecule has 0 unspecified atom stereocenters. The standard InChI is InChI=1S/C14H21N3O2.ClH/c1-14(7-9-15-10-8-14)17-13(18)16-11-5-3-4-6-12(11)19-2;/h3-6,15H,7-10H2,1-2H3,(H2,16,17,18);1H. The van der Waals surface area contributed by atoms with Gasteiger partial charge in [0.25, 0.3) is 0 Å². The summed E-state index contributed by atoms with van der Waals surface area (Å²) in [6, 6.07) is 7.19. The second-order valence-electron chi connectivity index (χ2n) is 5.09. The largest absolute Gasteiger partial charge is 0.495 e. The van der Waals surface area contributed by atoms with Crippen LogP contribution in [0.1, 0.15) is 19.8 Å². The number of anilines is 1.